The number of hydrogen-bond acceptors (Lipinski definition) is 2. The Morgan fingerprint density at radius 1 is 1.21 bits per heavy atom. The molecule has 1 N–H and O–H groups in total. The molecule has 2 aromatic rings. The zero-order valence-electron chi connectivity index (χ0n) is 10.5. The minimum atomic E-state index is -0.0988. The highest BCUT2D eigenvalue weighted by Crippen LogP contribution is 2.26. The van der Waals surface area contributed by atoms with Crippen LogP contribution in [0.15, 0.2) is 48.5 Å². The van der Waals surface area contributed by atoms with Gasteiger partial charge in [0.05, 0.1) is 24.2 Å². The van der Waals surface area contributed by atoms with Crippen LogP contribution in [0.1, 0.15) is 5.56 Å². The van der Waals surface area contributed by atoms with Crippen molar-refractivity contribution < 1.29 is 9.53 Å². The molecule has 0 radical (unpaired) electrons. The fourth-order valence-electron chi connectivity index (χ4n) is 1.70. The van der Waals surface area contributed by atoms with E-state index in [1.807, 2.05) is 30.3 Å². The average molecular weight is 276 g/mol. The van der Waals surface area contributed by atoms with Crippen LogP contribution in [0.3, 0.4) is 0 Å². The van der Waals surface area contributed by atoms with Gasteiger partial charge in [-0.2, -0.15) is 0 Å². The Hall–Kier alpha value is -2.00. The van der Waals surface area contributed by atoms with Crippen molar-refractivity contribution >= 4 is 23.2 Å². The molecule has 3 nitrogen and oxygen atoms in total. The van der Waals surface area contributed by atoms with Crippen LogP contribution in [0.5, 0.6) is 5.75 Å². The summed E-state index contributed by atoms with van der Waals surface area (Å²) >= 11 is 6.06. The molecule has 0 bridgehead atoms. The van der Waals surface area contributed by atoms with Gasteiger partial charge in [0, 0.05) is 6.07 Å². The number of nitrogens with one attached hydrogen (secondary N) is 1. The van der Waals surface area contributed by atoms with Gasteiger partial charge in [0.1, 0.15) is 5.75 Å². The van der Waals surface area contributed by atoms with Crippen molar-refractivity contribution in [1.29, 1.82) is 0 Å². The average Bonchev–Trinajstić information content (AvgIpc) is 2.42. The van der Waals surface area contributed by atoms with E-state index in [0.717, 1.165) is 5.56 Å². The third-order valence-electron chi connectivity index (χ3n) is 2.66. The maximum atomic E-state index is 11.9. The second kappa shape index (κ2) is 6.25. The summed E-state index contributed by atoms with van der Waals surface area (Å²) in [5, 5.41) is 3.24. The highest BCUT2D eigenvalue weighted by Gasteiger charge is 2.07. The summed E-state index contributed by atoms with van der Waals surface area (Å²) < 4.78 is 5.05. The molecule has 0 aliphatic carbocycles. The van der Waals surface area contributed by atoms with Gasteiger partial charge in [0.2, 0.25) is 5.91 Å². The number of methoxy groups -OCH3 is 1. The van der Waals surface area contributed by atoms with Gasteiger partial charge < -0.3 is 10.1 Å². The Labute approximate surface area is 117 Å². The minimum Gasteiger partial charge on any atom is -0.497 e. The zero-order valence-corrected chi connectivity index (χ0v) is 11.3. The summed E-state index contributed by atoms with van der Waals surface area (Å²) in [6.07, 6.45) is 0.323. The fraction of sp³-hybridized carbons (Fsp3) is 0.133. The number of carbonyl (C=O) groups is 1. The molecule has 1 amide bonds. The van der Waals surface area contributed by atoms with Crippen LogP contribution in [0.2, 0.25) is 5.02 Å². The lowest BCUT2D eigenvalue weighted by atomic mass is 10.1. The van der Waals surface area contributed by atoms with E-state index in [1.54, 1.807) is 25.3 Å². The number of hydrogen-bond donors (Lipinski definition) is 1. The monoisotopic (exact) mass is 275 g/mol. The molecule has 4 heteroatoms. The van der Waals surface area contributed by atoms with Crippen LogP contribution in [0.4, 0.5) is 5.69 Å². The molecule has 0 saturated heterocycles. The topological polar surface area (TPSA) is 38.3 Å². The van der Waals surface area contributed by atoms with Crippen molar-refractivity contribution in [3.63, 3.8) is 0 Å². The number of benzene rings is 2. The van der Waals surface area contributed by atoms with Crippen LogP contribution in [0, 0.1) is 0 Å². The molecule has 0 spiro atoms. The lowest BCUT2D eigenvalue weighted by Gasteiger charge is -2.08. The van der Waals surface area contributed by atoms with E-state index in [4.69, 9.17) is 16.3 Å². The number of amides is 1. The summed E-state index contributed by atoms with van der Waals surface area (Å²) in [4.78, 5) is 11.9. The number of ether oxygens (including phenoxy) is 1. The molecule has 0 fully saturated rings. The fourth-order valence-corrected chi connectivity index (χ4v) is 1.92. The normalized spacial score (nSPS) is 10.0. The Morgan fingerprint density at radius 3 is 2.58 bits per heavy atom. The smallest absolute Gasteiger partial charge is 0.228 e. The van der Waals surface area contributed by atoms with Crippen LogP contribution in [-0.2, 0) is 11.2 Å². The van der Waals surface area contributed by atoms with E-state index in [2.05, 4.69) is 5.32 Å². The van der Waals surface area contributed by atoms with Crippen LogP contribution < -0.4 is 10.1 Å². The first kappa shape index (κ1) is 13.4. The molecule has 98 valence electrons. The Bertz CT molecular complexity index is 570. The first-order valence-corrected chi connectivity index (χ1v) is 6.24. The molecule has 0 aliphatic heterocycles. The van der Waals surface area contributed by atoms with Crippen molar-refractivity contribution in [3.05, 3.63) is 59.1 Å². The first-order valence-electron chi connectivity index (χ1n) is 5.86. The van der Waals surface area contributed by atoms with Crippen LogP contribution >= 0.6 is 11.6 Å². The van der Waals surface area contributed by atoms with Gasteiger partial charge in [0.25, 0.3) is 0 Å². The molecule has 0 aliphatic rings. The predicted molar refractivity (Wildman–Crippen MR) is 76.8 cm³/mol. The number of halogens is 1. The van der Waals surface area contributed by atoms with Gasteiger partial charge >= 0.3 is 0 Å². The van der Waals surface area contributed by atoms with E-state index < -0.39 is 0 Å². The van der Waals surface area contributed by atoms with Gasteiger partial charge in [-0.05, 0) is 17.7 Å². The predicted octanol–water partition coefficient (Wildman–Crippen LogP) is 3.53. The maximum Gasteiger partial charge on any atom is 0.228 e. The van der Waals surface area contributed by atoms with Crippen LogP contribution in [0.25, 0.3) is 0 Å². The highest BCUT2D eigenvalue weighted by molar-refractivity contribution is 6.33. The Morgan fingerprint density at radius 2 is 1.95 bits per heavy atom. The van der Waals surface area contributed by atoms with E-state index in [9.17, 15) is 4.79 Å². The zero-order chi connectivity index (χ0) is 13.7. The molecule has 0 atom stereocenters. The van der Waals surface area contributed by atoms with Gasteiger partial charge in [-0.15, -0.1) is 0 Å². The Balaban J connectivity index is 2.03. The van der Waals surface area contributed by atoms with Crippen molar-refractivity contribution in [2.75, 3.05) is 12.4 Å². The standard InChI is InChI=1S/C15H14ClNO2/c1-19-12-7-8-14(13(16)10-12)17-15(18)9-11-5-3-2-4-6-11/h2-8,10H,9H2,1H3,(H,17,18). The van der Waals surface area contributed by atoms with E-state index >= 15 is 0 Å². The van der Waals surface area contributed by atoms with Crippen molar-refractivity contribution in [1.82, 2.24) is 0 Å². The molecule has 2 aromatic carbocycles. The number of rotatable bonds is 4. The number of carbonyl (C=O) groups excluding carboxylic acids is 1. The quantitative estimate of drug-likeness (QED) is 0.927. The molecule has 0 saturated carbocycles. The minimum absolute atomic E-state index is 0.0988. The van der Waals surface area contributed by atoms with Gasteiger partial charge in [-0.1, -0.05) is 41.9 Å². The van der Waals surface area contributed by atoms with Gasteiger partial charge in [0.15, 0.2) is 0 Å². The summed E-state index contributed by atoms with van der Waals surface area (Å²) in [5.74, 6) is 0.560. The molecule has 0 unspecified atom stereocenters. The first-order chi connectivity index (χ1) is 9.19. The second-order valence-corrected chi connectivity index (χ2v) is 4.46. The van der Waals surface area contributed by atoms with Gasteiger partial charge in [-0.3, -0.25) is 4.79 Å². The van der Waals surface area contributed by atoms with E-state index in [0.29, 0.717) is 22.9 Å². The molecule has 19 heavy (non-hydrogen) atoms. The molecule has 0 heterocycles. The summed E-state index contributed by atoms with van der Waals surface area (Å²) in [6.45, 7) is 0. The SMILES string of the molecule is COc1ccc(NC(=O)Cc2ccccc2)c(Cl)c1. The van der Waals surface area contributed by atoms with Crippen LogP contribution in [-0.4, -0.2) is 13.0 Å². The second-order valence-electron chi connectivity index (χ2n) is 4.06. The molecular formula is C15H14ClNO2. The lowest BCUT2D eigenvalue weighted by Crippen LogP contribution is -2.14. The third-order valence-corrected chi connectivity index (χ3v) is 2.97. The van der Waals surface area contributed by atoms with Crippen molar-refractivity contribution in [2.24, 2.45) is 0 Å². The van der Waals surface area contributed by atoms with Gasteiger partial charge in [-0.25, -0.2) is 0 Å². The Kier molecular flexibility index (Phi) is 4.42. The summed E-state index contributed by atoms with van der Waals surface area (Å²) in [6, 6.07) is 14.7. The third kappa shape index (κ3) is 3.73. The van der Waals surface area contributed by atoms with E-state index in [1.165, 1.54) is 0 Å². The maximum absolute atomic E-state index is 11.9. The van der Waals surface area contributed by atoms with Crippen molar-refractivity contribution in [3.8, 4) is 5.75 Å². The summed E-state index contributed by atoms with van der Waals surface area (Å²) in [7, 11) is 1.57. The van der Waals surface area contributed by atoms with Crippen molar-refractivity contribution in [2.45, 2.75) is 6.42 Å². The van der Waals surface area contributed by atoms with E-state index in [-0.39, 0.29) is 5.91 Å². The lowest BCUT2D eigenvalue weighted by molar-refractivity contribution is -0.115. The summed E-state index contributed by atoms with van der Waals surface area (Å²) in [5.41, 5.74) is 1.55. The molecule has 0 aromatic heterocycles. The molecular weight excluding hydrogens is 262 g/mol. The molecule has 2 rings (SSSR count). The highest BCUT2D eigenvalue weighted by atomic mass is 35.5. The largest absolute Gasteiger partial charge is 0.497 e. The number of anilines is 1.